The zero-order chi connectivity index (χ0) is 56.6. The molecule has 0 spiro atoms. The number of ketones is 6. The first kappa shape index (κ1) is 106. The number of carbonyl (C=O) groups is 6. The Morgan fingerprint density at radius 2 is 0.391 bits per heavy atom. The van der Waals surface area contributed by atoms with E-state index in [4.69, 9.17) is 59.4 Å². The minimum Gasteiger partial charge on any atom is -0.545 e. The second-order valence-corrected chi connectivity index (χ2v) is 14.0. The van der Waals surface area contributed by atoms with Crippen LogP contribution in [-0.2, 0) is 116 Å². The molecule has 0 amide bonds. The third-order valence-electron chi connectivity index (χ3n) is 5.57. The number of aliphatic hydroxyl groups excluding tert-OH is 6. The van der Waals surface area contributed by atoms with Gasteiger partial charge in [-0.15, -0.1) is 0 Å². The molecule has 0 radical (unpaired) electrons. The number of rotatable bonds is 12. The predicted molar refractivity (Wildman–Crippen MR) is 258 cm³/mol. The smallest absolute Gasteiger partial charge is 0.545 e. The van der Waals surface area contributed by atoms with Crippen molar-refractivity contribution in [2.75, 3.05) is 0 Å². The maximum atomic E-state index is 10.7. The van der Waals surface area contributed by atoms with Crippen LogP contribution in [0.2, 0.25) is 0 Å². The second-order valence-electron chi connectivity index (χ2n) is 14.0. The molecule has 0 aromatic carbocycles. The monoisotopic (exact) mass is 1250 g/mol. The Labute approximate surface area is 450 Å². The van der Waals surface area contributed by atoms with Crippen molar-refractivity contribution < 1.29 is 147 Å². The molecule has 69 heavy (non-hydrogen) atoms. The molecule has 0 aromatic heterocycles. The van der Waals surface area contributed by atoms with Gasteiger partial charge in [-0.2, -0.15) is 0 Å². The topological polar surface area (TPSA) is 326 Å². The van der Waals surface area contributed by atoms with Gasteiger partial charge in [0.15, 0.2) is 34.7 Å². The first-order chi connectivity index (χ1) is 30.2. The van der Waals surface area contributed by atoms with Gasteiger partial charge in [0.2, 0.25) is 0 Å². The molecular formula is C48H78O18Ru3. The van der Waals surface area contributed by atoms with E-state index < -0.39 is 0 Å². The van der Waals surface area contributed by atoms with Gasteiger partial charge in [0.1, 0.15) is 0 Å². The van der Waals surface area contributed by atoms with Crippen LogP contribution in [0.15, 0.2) is 71.0 Å². The van der Waals surface area contributed by atoms with Crippen molar-refractivity contribution in [1.82, 2.24) is 0 Å². The van der Waals surface area contributed by atoms with Gasteiger partial charge in [-0.05, 0) is 41.5 Å². The summed E-state index contributed by atoms with van der Waals surface area (Å²) in [5, 5.41) is 52.3. The van der Waals surface area contributed by atoms with E-state index in [1.807, 2.05) is 27.7 Å². The van der Waals surface area contributed by atoms with E-state index in [0.29, 0.717) is 0 Å². The molecule has 0 heterocycles. The molecular weight excluding hydrogens is 1170 g/mol. The van der Waals surface area contributed by atoms with Crippen LogP contribution in [0.3, 0.4) is 0 Å². The molecule has 18 nitrogen and oxygen atoms in total. The molecule has 402 valence electrons. The van der Waals surface area contributed by atoms with Gasteiger partial charge in [0, 0.05) is 72.0 Å². The van der Waals surface area contributed by atoms with Crippen LogP contribution in [0.4, 0.5) is 0 Å². The van der Waals surface area contributed by atoms with Gasteiger partial charge in [0.25, 0.3) is 0 Å². The molecule has 0 saturated carbocycles. The average Bonchev–Trinajstić information content (AvgIpc) is 3.22. The maximum Gasteiger partial charge on any atom is 2.00 e. The number of aliphatic hydroxyl groups is 6. The Hall–Kier alpha value is -4.85. The molecule has 0 atom stereocenters. The van der Waals surface area contributed by atoms with Crippen molar-refractivity contribution in [1.29, 1.82) is 0 Å². The fourth-order valence-corrected chi connectivity index (χ4v) is 2.24. The largest absolute Gasteiger partial charge is 2.00 e. The first-order valence-electron chi connectivity index (χ1n) is 19.1. The van der Waals surface area contributed by atoms with Crippen LogP contribution in [0.5, 0.6) is 0 Å². The Bertz CT molecular complexity index is 1260. The van der Waals surface area contributed by atoms with Crippen LogP contribution in [-0.4, -0.2) is 106 Å². The van der Waals surface area contributed by atoms with Crippen LogP contribution in [0.25, 0.3) is 0 Å². The average molecular weight is 1250 g/mol. The zero-order valence-electron chi connectivity index (χ0n) is 43.0. The van der Waals surface area contributed by atoms with Gasteiger partial charge in [-0.3, -0.25) is 69.5 Å². The van der Waals surface area contributed by atoms with Crippen molar-refractivity contribution in [2.24, 2.45) is 35.5 Å². The minimum absolute atomic E-state index is 0. The summed E-state index contributed by atoms with van der Waals surface area (Å²) in [6, 6.07) is 0. The van der Waals surface area contributed by atoms with E-state index in [1.165, 1.54) is 78.0 Å². The normalized spacial score (nSPS) is 9.91. The summed E-state index contributed by atoms with van der Waals surface area (Å²) in [7, 11) is 0. The van der Waals surface area contributed by atoms with Crippen molar-refractivity contribution in [3.63, 3.8) is 0 Å². The molecule has 0 bridgehead atoms. The fraction of sp³-hybridized carbons (Fsp3) is 0.500. The van der Waals surface area contributed by atoms with E-state index in [9.17, 15) is 28.8 Å². The van der Waals surface area contributed by atoms with Crippen LogP contribution >= 0.6 is 0 Å². The summed E-state index contributed by atoms with van der Waals surface area (Å²) in [5.41, 5.74) is 0. The number of carbonyl (C=O) groups excluding carboxylic acids is 12. The molecule has 0 aromatic rings. The first-order valence-corrected chi connectivity index (χ1v) is 19.1. The summed E-state index contributed by atoms with van der Waals surface area (Å²) < 4.78 is 0. The van der Waals surface area contributed by atoms with Crippen molar-refractivity contribution in [2.45, 2.75) is 125 Å². The van der Waals surface area contributed by atoms with Gasteiger partial charge in [-0.25, -0.2) is 0 Å². The molecule has 0 aliphatic heterocycles. The summed E-state index contributed by atoms with van der Waals surface area (Å²) in [4.78, 5) is 110. The van der Waals surface area contributed by atoms with Gasteiger partial charge in [-0.1, -0.05) is 83.1 Å². The van der Waals surface area contributed by atoms with Crippen LogP contribution in [0.1, 0.15) is 125 Å². The van der Waals surface area contributed by atoms with E-state index >= 15 is 0 Å². The third-order valence-corrected chi connectivity index (χ3v) is 5.57. The maximum absolute atomic E-state index is 10.7. The van der Waals surface area contributed by atoms with Gasteiger partial charge in [0.05, 0.1) is 34.6 Å². The molecule has 0 rings (SSSR count). The molecule has 0 aliphatic rings. The van der Waals surface area contributed by atoms with E-state index in [-0.39, 0.29) is 163 Å². The number of hydrogen-bond donors (Lipinski definition) is 6. The third kappa shape index (κ3) is 127. The molecule has 0 aliphatic carbocycles. The summed E-state index contributed by atoms with van der Waals surface area (Å²) >= 11 is 0. The molecule has 0 saturated heterocycles. The van der Waals surface area contributed by atoms with Gasteiger partial charge < -0.3 is 59.4 Å². The fourth-order valence-electron chi connectivity index (χ4n) is 2.24. The molecule has 0 unspecified atom stereocenters. The van der Waals surface area contributed by atoms with Crippen molar-refractivity contribution in [3.8, 4) is 0 Å². The Balaban J connectivity index is -0.0000000370. The van der Waals surface area contributed by atoms with Crippen molar-refractivity contribution >= 4 is 75.4 Å². The molecule has 6 N–H and O–H groups in total. The standard InChI is InChI=1S/6C7H12O2.6CHO.3Ru/c6*1-5(2)7(9)4-6(3)8;6*1-2;;;/h2*4-5,9H,1-3H3;4*4-5,8H,1-3H3;6*1H;;;/q;;;;;;6*-1;3*+2. The minimum atomic E-state index is -0.110. The van der Waals surface area contributed by atoms with Crippen molar-refractivity contribution in [3.05, 3.63) is 71.0 Å². The van der Waals surface area contributed by atoms with E-state index in [2.05, 4.69) is 40.7 Å². The van der Waals surface area contributed by atoms with Crippen LogP contribution < -0.4 is 0 Å². The van der Waals surface area contributed by atoms with Crippen LogP contribution in [0, 0.1) is 35.5 Å². The summed E-state index contributed by atoms with van der Waals surface area (Å²) in [6.07, 6.45) is 7.44. The quantitative estimate of drug-likeness (QED) is 0.0351. The molecule has 21 heteroatoms. The molecule has 0 fully saturated rings. The van der Waals surface area contributed by atoms with Gasteiger partial charge >= 0.3 is 58.4 Å². The second kappa shape index (κ2) is 80.2. The zero-order valence-corrected chi connectivity index (χ0v) is 48.2. The summed E-state index contributed by atoms with van der Waals surface area (Å²) in [6.45, 7) is 49.9. The Morgan fingerprint density at radius 1 is 0.275 bits per heavy atom. The van der Waals surface area contributed by atoms with E-state index in [1.54, 1.807) is 55.4 Å². The summed E-state index contributed by atoms with van der Waals surface area (Å²) in [5.74, 6) is 0.286. The predicted octanol–water partition coefficient (Wildman–Crippen LogP) is 8.39. The SMILES string of the molecule is CC(=O)C=C(O)C(C)C.CC(=O)C=C(O)C(C)C.CC(O)=CC(=O)C(C)C.CC(O)=CC(=O)C(C)C.CC(O)=CC(=O)C(C)C.CC(O)=CC(=O)C(C)C.[CH-]=O.[CH-]=O.[CH-]=O.[CH-]=O.[CH-]=O.[CH-]=O.[Ru+2].[Ru+2].[Ru+2]. The Kier molecular flexibility index (Phi) is 123. The number of hydrogen-bond acceptors (Lipinski definition) is 18. The van der Waals surface area contributed by atoms with E-state index in [0.717, 1.165) is 0 Å². The number of allylic oxidation sites excluding steroid dienone is 12. The Morgan fingerprint density at radius 3 is 0.420 bits per heavy atom.